The summed E-state index contributed by atoms with van der Waals surface area (Å²) in [4.78, 5) is -0.0277. The monoisotopic (exact) mass is 291 g/mol. The molecule has 1 unspecified atom stereocenters. The molecule has 0 bridgehead atoms. The molecular formula is C10H17N3O3S2. The van der Waals surface area contributed by atoms with E-state index in [-0.39, 0.29) is 4.90 Å². The second kappa shape index (κ2) is 6.17. The first kappa shape index (κ1) is 14.9. The van der Waals surface area contributed by atoms with Crippen LogP contribution in [0, 0.1) is 0 Å². The molecule has 0 aliphatic heterocycles. The first-order valence-corrected chi connectivity index (χ1v) is 8.54. The molecule has 1 aromatic carbocycles. The Hall–Kier alpha value is -1.12. The summed E-state index contributed by atoms with van der Waals surface area (Å²) in [7, 11) is -4.66. The molecular weight excluding hydrogens is 274 g/mol. The smallest absolute Gasteiger partial charge is 0.240 e. The van der Waals surface area contributed by atoms with Crippen LogP contribution in [0.1, 0.15) is 6.42 Å². The highest BCUT2D eigenvalue weighted by atomic mass is 32.2. The van der Waals surface area contributed by atoms with Crippen LogP contribution in [0.3, 0.4) is 0 Å². The van der Waals surface area contributed by atoms with Gasteiger partial charge in [-0.3, -0.25) is 4.21 Å². The van der Waals surface area contributed by atoms with Gasteiger partial charge in [0.1, 0.15) is 4.90 Å². The summed E-state index contributed by atoms with van der Waals surface area (Å²) in [5, 5.41) is 8.06. The fourth-order valence-corrected chi connectivity index (χ4v) is 2.72. The summed E-state index contributed by atoms with van der Waals surface area (Å²) < 4.78 is 33.6. The molecule has 0 aromatic heterocycles. The third kappa shape index (κ3) is 4.63. The second-order valence-electron chi connectivity index (χ2n) is 3.86. The molecule has 102 valence electrons. The summed E-state index contributed by atoms with van der Waals surface area (Å²) in [6.07, 6.45) is 2.30. The minimum Gasteiger partial charge on any atom is -0.399 e. The molecule has 5 N–H and O–H groups in total. The maximum Gasteiger partial charge on any atom is 0.240 e. The minimum absolute atomic E-state index is 0.0277. The zero-order valence-corrected chi connectivity index (χ0v) is 11.7. The van der Waals surface area contributed by atoms with Crippen LogP contribution in [0.2, 0.25) is 0 Å². The standard InChI is InChI=1S/C10H17N3O3S2/c1-17(14)6-2-5-13-9-4-3-8(11)7-10(9)18(12,15)16/h3-4,7,13H,2,5-6,11H2,1H3,(H2,12,15,16). The summed E-state index contributed by atoms with van der Waals surface area (Å²) in [5.74, 6) is 0.562. The summed E-state index contributed by atoms with van der Waals surface area (Å²) in [5.41, 5.74) is 6.27. The average molecular weight is 291 g/mol. The van der Waals surface area contributed by atoms with Crippen molar-refractivity contribution >= 4 is 32.2 Å². The van der Waals surface area contributed by atoms with Gasteiger partial charge in [-0.05, 0) is 24.6 Å². The van der Waals surface area contributed by atoms with Gasteiger partial charge in [-0.1, -0.05) is 0 Å². The molecule has 0 saturated heterocycles. The van der Waals surface area contributed by atoms with Gasteiger partial charge in [0.25, 0.3) is 0 Å². The van der Waals surface area contributed by atoms with Crippen LogP contribution < -0.4 is 16.2 Å². The van der Waals surface area contributed by atoms with Crippen molar-refractivity contribution in [3.05, 3.63) is 18.2 Å². The molecule has 6 nitrogen and oxygen atoms in total. The molecule has 0 amide bonds. The Bertz CT molecular complexity index is 543. The van der Waals surface area contributed by atoms with Gasteiger partial charge >= 0.3 is 0 Å². The second-order valence-corrected chi connectivity index (χ2v) is 6.94. The van der Waals surface area contributed by atoms with Crippen LogP contribution in [0.4, 0.5) is 11.4 Å². The number of sulfonamides is 1. The average Bonchev–Trinajstić information content (AvgIpc) is 2.24. The van der Waals surface area contributed by atoms with Crippen LogP contribution in [-0.2, 0) is 20.8 Å². The Balaban J connectivity index is 2.80. The number of nitrogens with two attached hydrogens (primary N) is 2. The summed E-state index contributed by atoms with van der Waals surface area (Å²) in [6, 6.07) is 4.47. The van der Waals surface area contributed by atoms with E-state index >= 15 is 0 Å². The first-order valence-electron chi connectivity index (χ1n) is 5.27. The molecule has 0 aliphatic carbocycles. The van der Waals surface area contributed by atoms with Gasteiger partial charge in [0.2, 0.25) is 10.0 Å². The van der Waals surface area contributed by atoms with E-state index < -0.39 is 20.8 Å². The van der Waals surface area contributed by atoms with Gasteiger partial charge in [0, 0.05) is 35.0 Å². The molecule has 0 fully saturated rings. The fraction of sp³-hybridized carbons (Fsp3) is 0.400. The van der Waals surface area contributed by atoms with Crippen molar-refractivity contribution < 1.29 is 12.6 Å². The van der Waals surface area contributed by atoms with Crippen molar-refractivity contribution in [3.8, 4) is 0 Å². The number of nitrogen functional groups attached to an aromatic ring is 1. The fourth-order valence-electron chi connectivity index (χ4n) is 1.42. The van der Waals surface area contributed by atoms with Gasteiger partial charge in [0.15, 0.2) is 0 Å². The number of benzene rings is 1. The number of anilines is 2. The van der Waals surface area contributed by atoms with E-state index in [0.29, 0.717) is 30.1 Å². The Morgan fingerprint density at radius 1 is 1.39 bits per heavy atom. The van der Waals surface area contributed by atoms with Gasteiger partial charge in [-0.15, -0.1) is 0 Å². The number of hydrogen-bond acceptors (Lipinski definition) is 5. The number of nitrogens with one attached hydrogen (secondary N) is 1. The predicted molar refractivity (Wildman–Crippen MR) is 74.3 cm³/mol. The molecule has 0 heterocycles. The van der Waals surface area contributed by atoms with Crippen molar-refractivity contribution in [3.63, 3.8) is 0 Å². The molecule has 8 heteroatoms. The lowest BCUT2D eigenvalue weighted by Gasteiger charge is -2.11. The van der Waals surface area contributed by atoms with Crippen molar-refractivity contribution in [1.82, 2.24) is 0 Å². The summed E-state index contributed by atoms with van der Waals surface area (Å²) in [6.45, 7) is 0.520. The zero-order chi connectivity index (χ0) is 13.8. The number of primary sulfonamides is 1. The van der Waals surface area contributed by atoms with Crippen LogP contribution in [0.5, 0.6) is 0 Å². The van der Waals surface area contributed by atoms with E-state index in [0.717, 1.165) is 0 Å². The van der Waals surface area contributed by atoms with Crippen molar-refractivity contribution in [2.24, 2.45) is 5.14 Å². The molecule has 0 aliphatic rings. The van der Waals surface area contributed by atoms with E-state index in [9.17, 15) is 12.6 Å². The molecule has 0 spiro atoms. The van der Waals surface area contributed by atoms with Gasteiger partial charge in [-0.25, -0.2) is 13.6 Å². The van der Waals surface area contributed by atoms with Crippen molar-refractivity contribution in [2.45, 2.75) is 11.3 Å². The maximum absolute atomic E-state index is 11.4. The quantitative estimate of drug-likeness (QED) is 0.508. The van der Waals surface area contributed by atoms with Gasteiger partial charge < -0.3 is 11.1 Å². The highest BCUT2D eigenvalue weighted by Crippen LogP contribution is 2.22. The largest absolute Gasteiger partial charge is 0.399 e. The zero-order valence-electron chi connectivity index (χ0n) is 10.0. The lowest BCUT2D eigenvalue weighted by Crippen LogP contribution is -2.16. The van der Waals surface area contributed by atoms with E-state index in [1.165, 1.54) is 6.07 Å². The molecule has 1 rings (SSSR count). The number of rotatable bonds is 6. The maximum atomic E-state index is 11.4. The highest BCUT2D eigenvalue weighted by molar-refractivity contribution is 7.89. The highest BCUT2D eigenvalue weighted by Gasteiger charge is 2.13. The van der Waals surface area contributed by atoms with Crippen LogP contribution in [0.25, 0.3) is 0 Å². The molecule has 1 aromatic rings. The Morgan fingerprint density at radius 2 is 2.06 bits per heavy atom. The van der Waals surface area contributed by atoms with Gasteiger partial charge in [0.05, 0.1) is 5.69 Å². The van der Waals surface area contributed by atoms with E-state index in [4.69, 9.17) is 10.9 Å². The van der Waals surface area contributed by atoms with Crippen LogP contribution in [0.15, 0.2) is 23.1 Å². The van der Waals surface area contributed by atoms with Gasteiger partial charge in [-0.2, -0.15) is 0 Å². The lowest BCUT2D eigenvalue weighted by molar-refractivity contribution is 0.598. The van der Waals surface area contributed by atoms with Crippen LogP contribution >= 0.6 is 0 Å². The minimum atomic E-state index is -3.81. The summed E-state index contributed by atoms with van der Waals surface area (Å²) >= 11 is 0. The van der Waals surface area contributed by atoms with E-state index in [1.807, 2.05) is 0 Å². The van der Waals surface area contributed by atoms with Crippen molar-refractivity contribution in [1.29, 1.82) is 0 Å². The third-order valence-electron chi connectivity index (χ3n) is 2.24. The lowest BCUT2D eigenvalue weighted by atomic mass is 10.3. The Labute approximate surface area is 109 Å². The normalized spacial score (nSPS) is 13.2. The molecule has 18 heavy (non-hydrogen) atoms. The molecule has 0 radical (unpaired) electrons. The Morgan fingerprint density at radius 3 is 2.61 bits per heavy atom. The number of hydrogen-bond donors (Lipinski definition) is 3. The SMILES string of the molecule is CS(=O)CCCNc1ccc(N)cc1S(N)(=O)=O. The molecule has 0 saturated carbocycles. The van der Waals surface area contributed by atoms with Crippen molar-refractivity contribution in [2.75, 3.05) is 29.6 Å². The van der Waals surface area contributed by atoms with Crippen LogP contribution in [-0.4, -0.2) is 31.2 Å². The molecule has 1 atom stereocenters. The van der Waals surface area contributed by atoms with E-state index in [2.05, 4.69) is 5.32 Å². The predicted octanol–water partition coefficient (Wildman–Crippen LogP) is 0.0967. The Kier molecular flexibility index (Phi) is 5.12. The third-order valence-corrected chi connectivity index (χ3v) is 4.05. The topological polar surface area (TPSA) is 115 Å². The van der Waals surface area contributed by atoms with E-state index in [1.54, 1.807) is 18.4 Å². The first-order chi connectivity index (χ1) is 8.30.